The molecule has 0 radical (unpaired) electrons. The molecule has 112 valence electrons. The molecule has 19 heavy (non-hydrogen) atoms. The van der Waals surface area contributed by atoms with Gasteiger partial charge in [0.2, 0.25) is 5.91 Å². The van der Waals surface area contributed by atoms with Crippen molar-refractivity contribution in [1.29, 1.82) is 0 Å². The van der Waals surface area contributed by atoms with Gasteiger partial charge in [0, 0.05) is 32.5 Å². The molecule has 0 aliphatic rings. The van der Waals surface area contributed by atoms with Crippen LogP contribution in [0.15, 0.2) is 0 Å². The zero-order chi connectivity index (χ0) is 15.0. The lowest BCUT2D eigenvalue weighted by Crippen LogP contribution is -2.42. The Morgan fingerprint density at radius 3 is 2.00 bits per heavy atom. The Kier molecular flexibility index (Phi) is 8.39. The number of carbonyl (C=O) groups excluding carboxylic acids is 2. The van der Waals surface area contributed by atoms with E-state index in [4.69, 9.17) is 9.47 Å². The number of amides is 1. The van der Waals surface area contributed by atoms with E-state index in [2.05, 4.69) is 0 Å². The zero-order valence-corrected chi connectivity index (χ0v) is 12.9. The average molecular weight is 273 g/mol. The highest BCUT2D eigenvalue weighted by Gasteiger charge is 2.22. The molecular weight excluding hydrogens is 246 g/mol. The molecule has 0 aromatic heterocycles. The van der Waals surface area contributed by atoms with Crippen molar-refractivity contribution in [3.8, 4) is 0 Å². The van der Waals surface area contributed by atoms with E-state index in [0.717, 1.165) is 0 Å². The predicted molar refractivity (Wildman–Crippen MR) is 73.8 cm³/mol. The van der Waals surface area contributed by atoms with Crippen LogP contribution in [0.2, 0.25) is 0 Å². The molecule has 0 aliphatic carbocycles. The lowest BCUT2D eigenvalue weighted by Gasteiger charge is -2.31. The van der Waals surface area contributed by atoms with Crippen molar-refractivity contribution >= 4 is 11.9 Å². The van der Waals surface area contributed by atoms with Gasteiger partial charge in [-0.2, -0.15) is 0 Å². The minimum Gasteiger partial charge on any atom is -0.460 e. The van der Waals surface area contributed by atoms with Crippen molar-refractivity contribution in [3.63, 3.8) is 0 Å². The molecule has 0 spiro atoms. The molecule has 0 saturated carbocycles. The van der Waals surface area contributed by atoms with Gasteiger partial charge in [0.1, 0.15) is 6.10 Å². The second-order valence-corrected chi connectivity index (χ2v) is 5.21. The van der Waals surface area contributed by atoms with Crippen LogP contribution in [-0.4, -0.2) is 48.7 Å². The lowest BCUT2D eigenvalue weighted by molar-refractivity contribution is -0.150. The summed E-state index contributed by atoms with van der Waals surface area (Å²) in [5, 5.41) is 0. The highest BCUT2D eigenvalue weighted by molar-refractivity contribution is 5.76. The Labute approximate surface area is 116 Å². The van der Waals surface area contributed by atoms with Gasteiger partial charge in [-0.15, -0.1) is 0 Å². The van der Waals surface area contributed by atoms with Gasteiger partial charge in [0.25, 0.3) is 0 Å². The molecule has 0 heterocycles. The summed E-state index contributed by atoms with van der Waals surface area (Å²) in [5.41, 5.74) is 0. The summed E-state index contributed by atoms with van der Waals surface area (Å²) in [7, 11) is 1.55. The van der Waals surface area contributed by atoms with Gasteiger partial charge < -0.3 is 14.4 Å². The fourth-order valence-electron chi connectivity index (χ4n) is 2.18. The first-order valence-electron chi connectivity index (χ1n) is 6.76. The molecule has 0 saturated heterocycles. The highest BCUT2D eigenvalue weighted by atomic mass is 16.6. The quantitative estimate of drug-likeness (QED) is 0.635. The van der Waals surface area contributed by atoms with Crippen LogP contribution in [0.25, 0.3) is 0 Å². The lowest BCUT2D eigenvalue weighted by atomic mass is 10.1. The Bertz CT molecular complexity index is 281. The monoisotopic (exact) mass is 273 g/mol. The van der Waals surface area contributed by atoms with Gasteiger partial charge in [-0.05, 0) is 34.1 Å². The van der Waals surface area contributed by atoms with E-state index in [0.29, 0.717) is 19.4 Å². The molecule has 0 N–H and O–H groups in total. The minimum atomic E-state index is -0.354. The van der Waals surface area contributed by atoms with Crippen molar-refractivity contribution in [2.45, 2.75) is 65.6 Å². The Morgan fingerprint density at radius 2 is 1.63 bits per heavy atom. The SMILES string of the molecule is COCC(CCC(=O)N(C(C)C)C(C)C)OC(C)=O. The van der Waals surface area contributed by atoms with Crippen molar-refractivity contribution in [3.05, 3.63) is 0 Å². The van der Waals surface area contributed by atoms with Crippen LogP contribution in [0.1, 0.15) is 47.5 Å². The van der Waals surface area contributed by atoms with E-state index in [1.807, 2.05) is 32.6 Å². The van der Waals surface area contributed by atoms with Crippen molar-refractivity contribution in [2.24, 2.45) is 0 Å². The Balaban J connectivity index is 4.40. The summed E-state index contributed by atoms with van der Waals surface area (Å²) in [6.45, 7) is 9.66. The van der Waals surface area contributed by atoms with E-state index < -0.39 is 0 Å². The fraction of sp³-hybridized carbons (Fsp3) is 0.857. The molecule has 0 aromatic carbocycles. The second-order valence-electron chi connectivity index (χ2n) is 5.21. The van der Waals surface area contributed by atoms with E-state index in [9.17, 15) is 9.59 Å². The van der Waals surface area contributed by atoms with Gasteiger partial charge in [0.05, 0.1) is 6.61 Å². The largest absolute Gasteiger partial charge is 0.460 e. The molecule has 1 amide bonds. The van der Waals surface area contributed by atoms with Crippen LogP contribution >= 0.6 is 0 Å². The topological polar surface area (TPSA) is 55.8 Å². The van der Waals surface area contributed by atoms with E-state index >= 15 is 0 Å². The zero-order valence-electron chi connectivity index (χ0n) is 12.9. The van der Waals surface area contributed by atoms with Crippen molar-refractivity contribution in [1.82, 2.24) is 4.90 Å². The van der Waals surface area contributed by atoms with Crippen molar-refractivity contribution < 1.29 is 19.1 Å². The molecule has 0 fully saturated rings. The summed E-state index contributed by atoms with van der Waals surface area (Å²) in [6.07, 6.45) is 0.493. The van der Waals surface area contributed by atoms with E-state index in [1.165, 1.54) is 6.92 Å². The maximum atomic E-state index is 12.2. The van der Waals surface area contributed by atoms with Crippen LogP contribution in [0.5, 0.6) is 0 Å². The fourth-order valence-corrected chi connectivity index (χ4v) is 2.18. The molecule has 0 aromatic rings. The van der Waals surface area contributed by atoms with Crippen LogP contribution in [0.3, 0.4) is 0 Å². The second kappa shape index (κ2) is 8.91. The average Bonchev–Trinajstić information content (AvgIpc) is 2.24. The van der Waals surface area contributed by atoms with Gasteiger partial charge >= 0.3 is 5.97 Å². The number of ether oxygens (including phenoxy) is 2. The van der Waals surface area contributed by atoms with E-state index in [1.54, 1.807) is 7.11 Å². The standard InChI is InChI=1S/C14H27NO4/c1-10(2)15(11(3)4)14(17)8-7-13(9-18-6)19-12(5)16/h10-11,13H,7-9H2,1-6H3. The molecular formula is C14H27NO4. The summed E-state index contributed by atoms with van der Waals surface area (Å²) in [6, 6.07) is 0.337. The normalized spacial score (nSPS) is 12.6. The maximum absolute atomic E-state index is 12.2. The van der Waals surface area contributed by atoms with Gasteiger partial charge in [0.15, 0.2) is 0 Å². The Morgan fingerprint density at radius 1 is 1.11 bits per heavy atom. The molecule has 1 atom stereocenters. The first kappa shape index (κ1) is 17.9. The number of hydrogen-bond acceptors (Lipinski definition) is 4. The highest BCUT2D eigenvalue weighted by Crippen LogP contribution is 2.11. The van der Waals surface area contributed by atoms with Gasteiger partial charge in [-0.3, -0.25) is 9.59 Å². The third-order valence-corrected chi connectivity index (χ3v) is 2.77. The van der Waals surface area contributed by atoms with Crippen molar-refractivity contribution in [2.75, 3.05) is 13.7 Å². The van der Waals surface area contributed by atoms with Crippen LogP contribution in [0.4, 0.5) is 0 Å². The number of hydrogen-bond donors (Lipinski definition) is 0. The molecule has 0 aliphatic heterocycles. The molecule has 5 heteroatoms. The van der Waals surface area contributed by atoms with E-state index in [-0.39, 0.29) is 30.1 Å². The number of nitrogens with zero attached hydrogens (tertiary/aromatic N) is 1. The first-order valence-corrected chi connectivity index (χ1v) is 6.76. The number of carbonyl (C=O) groups is 2. The third-order valence-electron chi connectivity index (χ3n) is 2.77. The summed E-state index contributed by atoms with van der Waals surface area (Å²) in [4.78, 5) is 25.0. The number of rotatable bonds is 8. The Hall–Kier alpha value is -1.10. The van der Waals surface area contributed by atoms with Gasteiger partial charge in [-0.1, -0.05) is 0 Å². The summed E-state index contributed by atoms with van der Waals surface area (Å²) < 4.78 is 10.1. The molecule has 1 unspecified atom stereocenters. The van der Waals surface area contributed by atoms with Crippen LogP contribution in [0, 0.1) is 0 Å². The number of esters is 1. The van der Waals surface area contributed by atoms with Crippen LogP contribution in [-0.2, 0) is 19.1 Å². The first-order chi connectivity index (χ1) is 8.79. The summed E-state index contributed by atoms with van der Waals surface area (Å²) in [5.74, 6) is -0.266. The van der Waals surface area contributed by atoms with Crippen LogP contribution < -0.4 is 0 Å². The third kappa shape index (κ3) is 7.15. The summed E-state index contributed by atoms with van der Waals surface area (Å²) >= 11 is 0. The maximum Gasteiger partial charge on any atom is 0.302 e. The minimum absolute atomic E-state index is 0.0817. The predicted octanol–water partition coefficient (Wildman–Crippen LogP) is 1.99. The molecule has 0 rings (SSSR count). The molecule has 5 nitrogen and oxygen atoms in total. The van der Waals surface area contributed by atoms with Gasteiger partial charge in [-0.25, -0.2) is 0 Å². The number of methoxy groups -OCH3 is 1. The smallest absolute Gasteiger partial charge is 0.302 e. The molecule has 0 bridgehead atoms.